The van der Waals surface area contributed by atoms with Crippen molar-refractivity contribution >= 4 is 29.3 Å². The maximum absolute atomic E-state index is 12.6. The maximum atomic E-state index is 12.6. The van der Waals surface area contributed by atoms with Crippen LogP contribution in [0.4, 0.5) is 16.2 Å². The van der Waals surface area contributed by atoms with Crippen LogP contribution in [0, 0.1) is 0 Å². The van der Waals surface area contributed by atoms with Gasteiger partial charge in [0, 0.05) is 13.5 Å². The molecule has 0 saturated carbocycles. The van der Waals surface area contributed by atoms with Gasteiger partial charge in [0.1, 0.15) is 11.6 Å². The Kier molecular flexibility index (Phi) is 2.98. The molecule has 2 aliphatic heterocycles. The van der Waals surface area contributed by atoms with Crippen molar-refractivity contribution in [3.63, 3.8) is 0 Å². The number of likely N-dealkylation sites (tertiary alicyclic amines) is 1. The number of anilines is 2. The van der Waals surface area contributed by atoms with Crippen molar-refractivity contribution < 1.29 is 19.5 Å². The third-order valence-corrected chi connectivity index (χ3v) is 4.49. The summed E-state index contributed by atoms with van der Waals surface area (Å²) in [7, 11) is 1.72. The van der Waals surface area contributed by atoms with Crippen LogP contribution in [0.2, 0.25) is 0 Å². The smallest absolute Gasteiger partial charge is 0.408 e. The monoisotopic (exact) mass is 304 g/mol. The predicted octanol–water partition coefficient (Wildman–Crippen LogP) is 0.0513. The summed E-state index contributed by atoms with van der Waals surface area (Å²) in [6.07, 6.45) is -1.23. The molecular formula is C14H16N4O4. The zero-order valence-corrected chi connectivity index (χ0v) is 11.9. The first kappa shape index (κ1) is 14.2. The molecule has 3 rings (SSSR count). The van der Waals surface area contributed by atoms with Crippen molar-refractivity contribution in [2.75, 3.05) is 23.8 Å². The summed E-state index contributed by atoms with van der Waals surface area (Å²) in [5.74, 6) is -1.08. The summed E-state index contributed by atoms with van der Waals surface area (Å²) in [5.41, 5.74) is 5.61. The third kappa shape index (κ3) is 1.80. The van der Waals surface area contributed by atoms with Crippen molar-refractivity contribution in [3.05, 3.63) is 24.3 Å². The van der Waals surface area contributed by atoms with Gasteiger partial charge in [0.25, 0.3) is 5.91 Å². The Bertz CT molecular complexity index is 653. The van der Waals surface area contributed by atoms with Crippen LogP contribution in [0.3, 0.4) is 0 Å². The SMILES string of the molecule is CN1c2ccccc2NC(=O)[C@]12C[C@@H](C(N)=O)N(C(=O)O)C2. The first-order chi connectivity index (χ1) is 10.4. The number of nitrogens with one attached hydrogen (secondary N) is 1. The molecule has 0 aliphatic carbocycles. The van der Waals surface area contributed by atoms with E-state index < -0.39 is 23.6 Å². The highest BCUT2D eigenvalue weighted by Gasteiger charge is 2.57. The van der Waals surface area contributed by atoms with Gasteiger partial charge in [-0.1, -0.05) is 12.1 Å². The molecular weight excluding hydrogens is 288 g/mol. The lowest BCUT2D eigenvalue weighted by atomic mass is 9.89. The molecule has 8 nitrogen and oxygen atoms in total. The number of carbonyl (C=O) groups is 3. The largest absolute Gasteiger partial charge is 0.465 e. The zero-order valence-electron chi connectivity index (χ0n) is 11.9. The summed E-state index contributed by atoms with van der Waals surface area (Å²) in [6.45, 7) is -0.105. The highest BCUT2D eigenvalue weighted by molar-refractivity contribution is 6.08. The normalized spacial score (nSPS) is 26.8. The molecule has 4 N–H and O–H groups in total. The molecule has 22 heavy (non-hydrogen) atoms. The number of nitrogens with zero attached hydrogens (tertiary/aromatic N) is 2. The molecule has 2 heterocycles. The van der Waals surface area contributed by atoms with E-state index in [1.54, 1.807) is 24.1 Å². The van der Waals surface area contributed by atoms with Crippen LogP contribution < -0.4 is 16.0 Å². The predicted molar refractivity (Wildman–Crippen MR) is 78.5 cm³/mol. The lowest BCUT2D eigenvalue weighted by Crippen LogP contribution is -2.60. The molecule has 3 amide bonds. The number of fused-ring (bicyclic) bond motifs is 1. The van der Waals surface area contributed by atoms with Gasteiger partial charge < -0.3 is 21.1 Å². The number of hydrogen-bond acceptors (Lipinski definition) is 4. The fourth-order valence-corrected chi connectivity index (χ4v) is 3.24. The molecule has 116 valence electrons. The van der Waals surface area contributed by atoms with Crippen LogP contribution >= 0.6 is 0 Å². The second-order valence-corrected chi connectivity index (χ2v) is 5.59. The summed E-state index contributed by atoms with van der Waals surface area (Å²) < 4.78 is 0. The van der Waals surface area contributed by atoms with E-state index >= 15 is 0 Å². The van der Waals surface area contributed by atoms with Crippen LogP contribution in [0.15, 0.2) is 24.3 Å². The van der Waals surface area contributed by atoms with Crippen molar-refractivity contribution in [2.24, 2.45) is 5.73 Å². The molecule has 1 spiro atoms. The molecule has 0 unspecified atom stereocenters. The van der Waals surface area contributed by atoms with Gasteiger partial charge in [0.05, 0.1) is 17.9 Å². The van der Waals surface area contributed by atoms with E-state index in [0.717, 1.165) is 10.6 Å². The highest BCUT2D eigenvalue weighted by atomic mass is 16.4. The molecule has 1 fully saturated rings. The molecule has 0 aromatic heterocycles. The van der Waals surface area contributed by atoms with E-state index in [1.807, 2.05) is 12.1 Å². The molecule has 8 heteroatoms. The standard InChI is InChI=1S/C14H16N4O4/c1-17-9-5-3-2-4-8(9)16-12(20)14(17)6-10(11(15)19)18(7-14)13(21)22/h2-5,10H,6-7H2,1H3,(H2,15,19)(H,16,20)(H,21,22)/t10-,14+/m0/s1. The van der Waals surface area contributed by atoms with Crippen LogP contribution in [-0.2, 0) is 9.59 Å². The zero-order chi connectivity index (χ0) is 16.1. The van der Waals surface area contributed by atoms with E-state index in [1.165, 1.54) is 0 Å². The third-order valence-electron chi connectivity index (χ3n) is 4.49. The summed E-state index contributed by atoms with van der Waals surface area (Å²) in [6, 6.07) is 6.22. The van der Waals surface area contributed by atoms with Gasteiger partial charge in [-0.15, -0.1) is 0 Å². The van der Waals surface area contributed by atoms with Crippen LogP contribution in [0.25, 0.3) is 0 Å². The van der Waals surface area contributed by atoms with Gasteiger partial charge in [0.15, 0.2) is 0 Å². The van der Waals surface area contributed by atoms with Gasteiger partial charge in [-0.2, -0.15) is 0 Å². The number of rotatable bonds is 1. The number of primary amides is 1. The first-order valence-electron chi connectivity index (χ1n) is 6.80. The van der Waals surface area contributed by atoms with Crippen LogP contribution in [0.1, 0.15) is 6.42 Å². The second kappa shape index (κ2) is 4.62. The summed E-state index contributed by atoms with van der Waals surface area (Å²) in [4.78, 5) is 38.2. The number of amides is 3. The average Bonchev–Trinajstić information content (AvgIpc) is 2.88. The number of nitrogens with two attached hydrogens (primary N) is 1. The van der Waals surface area contributed by atoms with Crippen molar-refractivity contribution in [1.29, 1.82) is 0 Å². The average molecular weight is 304 g/mol. The van der Waals surface area contributed by atoms with E-state index in [4.69, 9.17) is 5.73 Å². The van der Waals surface area contributed by atoms with Gasteiger partial charge in [-0.25, -0.2) is 4.79 Å². The fourth-order valence-electron chi connectivity index (χ4n) is 3.24. The van der Waals surface area contributed by atoms with Crippen LogP contribution in [-0.4, -0.2) is 53.1 Å². The van der Waals surface area contributed by atoms with E-state index in [-0.39, 0.29) is 18.9 Å². The number of hydrogen-bond donors (Lipinski definition) is 3. The minimum atomic E-state index is -1.26. The van der Waals surface area contributed by atoms with E-state index in [9.17, 15) is 19.5 Å². The van der Waals surface area contributed by atoms with Gasteiger partial charge in [-0.3, -0.25) is 14.5 Å². The topological polar surface area (TPSA) is 116 Å². The minimum Gasteiger partial charge on any atom is -0.465 e. The maximum Gasteiger partial charge on any atom is 0.408 e. The highest BCUT2D eigenvalue weighted by Crippen LogP contribution is 2.42. The number of carboxylic acid groups (broad SMARTS) is 1. The number of benzene rings is 1. The second-order valence-electron chi connectivity index (χ2n) is 5.59. The Morgan fingerprint density at radius 2 is 2.09 bits per heavy atom. The Hall–Kier alpha value is -2.77. The number of carbonyl (C=O) groups excluding carboxylic acids is 2. The lowest BCUT2D eigenvalue weighted by molar-refractivity contribution is -0.122. The van der Waals surface area contributed by atoms with Crippen LogP contribution in [0.5, 0.6) is 0 Å². The first-order valence-corrected chi connectivity index (χ1v) is 6.80. The molecule has 1 saturated heterocycles. The number of likely N-dealkylation sites (N-methyl/N-ethyl adjacent to an activating group) is 1. The van der Waals surface area contributed by atoms with Gasteiger partial charge in [0.2, 0.25) is 5.91 Å². The molecule has 2 atom stereocenters. The van der Waals surface area contributed by atoms with Crippen molar-refractivity contribution in [3.8, 4) is 0 Å². The minimum absolute atomic E-state index is 0.0330. The Labute approximate surface area is 126 Å². The Balaban J connectivity index is 2.05. The summed E-state index contributed by atoms with van der Waals surface area (Å²) in [5, 5.41) is 12.1. The van der Waals surface area contributed by atoms with E-state index in [0.29, 0.717) is 5.69 Å². The van der Waals surface area contributed by atoms with Gasteiger partial charge in [-0.05, 0) is 12.1 Å². The van der Waals surface area contributed by atoms with E-state index in [2.05, 4.69) is 5.32 Å². The summed E-state index contributed by atoms with van der Waals surface area (Å²) >= 11 is 0. The Morgan fingerprint density at radius 3 is 2.68 bits per heavy atom. The molecule has 0 bridgehead atoms. The number of para-hydroxylation sites is 2. The van der Waals surface area contributed by atoms with Crippen molar-refractivity contribution in [1.82, 2.24) is 4.90 Å². The molecule has 1 aromatic carbocycles. The van der Waals surface area contributed by atoms with Crippen molar-refractivity contribution in [2.45, 2.75) is 18.0 Å². The van der Waals surface area contributed by atoms with Gasteiger partial charge >= 0.3 is 6.09 Å². The molecule has 2 aliphatic rings. The quantitative estimate of drug-likeness (QED) is 0.678. The molecule has 0 radical (unpaired) electrons. The molecule has 1 aromatic rings. The lowest BCUT2D eigenvalue weighted by Gasteiger charge is -2.43. The Morgan fingerprint density at radius 1 is 1.41 bits per heavy atom. The fraction of sp³-hybridized carbons (Fsp3) is 0.357.